The Morgan fingerprint density at radius 1 is 1.08 bits per heavy atom. The molecule has 0 aromatic rings. The van der Waals surface area contributed by atoms with Crippen LogP contribution in [0.3, 0.4) is 0 Å². The van der Waals surface area contributed by atoms with E-state index in [1.807, 2.05) is 18.2 Å². The van der Waals surface area contributed by atoms with Crippen molar-refractivity contribution in [3.8, 4) is 0 Å². The number of esters is 1. The number of amides is 1. The molecule has 0 bridgehead atoms. The number of unbranched alkanes of at least 4 members (excludes halogenated alkanes) is 4. The Labute approximate surface area is 152 Å². The SMILES string of the molecule is CCCCC[C@H](O)C=CC=CCCNC(=O)CCCCCC(=O)OC. The molecule has 0 aliphatic carbocycles. The van der Waals surface area contributed by atoms with Crippen LogP contribution in [-0.2, 0) is 14.3 Å². The van der Waals surface area contributed by atoms with E-state index in [-0.39, 0.29) is 18.0 Å². The normalized spacial score (nSPS) is 12.6. The summed E-state index contributed by atoms with van der Waals surface area (Å²) in [4.78, 5) is 22.6. The first-order valence-corrected chi connectivity index (χ1v) is 9.45. The fourth-order valence-electron chi connectivity index (χ4n) is 2.28. The van der Waals surface area contributed by atoms with E-state index in [1.165, 1.54) is 7.11 Å². The van der Waals surface area contributed by atoms with Gasteiger partial charge in [0.1, 0.15) is 0 Å². The lowest BCUT2D eigenvalue weighted by molar-refractivity contribution is -0.140. The maximum absolute atomic E-state index is 11.6. The van der Waals surface area contributed by atoms with Crippen LogP contribution in [0.4, 0.5) is 0 Å². The summed E-state index contributed by atoms with van der Waals surface area (Å²) in [5.41, 5.74) is 0. The highest BCUT2D eigenvalue weighted by atomic mass is 16.5. The summed E-state index contributed by atoms with van der Waals surface area (Å²) in [6.07, 6.45) is 15.5. The summed E-state index contributed by atoms with van der Waals surface area (Å²) in [5, 5.41) is 12.6. The molecule has 2 N–H and O–H groups in total. The number of hydrogen-bond acceptors (Lipinski definition) is 4. The molecule has 5 heteroatoms. The first kappa shape index (κ1) is 23.4. The topological polar surface area (TPSA) is 75.6 Å². The molecular weight excluding hydrogens is 318 g/mol. The zero-order chi connectivity index (χ0) is 18.8. The van der Waals surface area contributed by atoms with Crippen molar-refractivity contribution in [2.24, 2.45) is 0 Å². The molecule has 25 heavy (non-hydrogen) atoms. The number of hydrogen-bond donors (Lipinski definition) is 2. The van der Waals surface area contributed by atoms with E-state index in [9.17, 15) is 14.7 Å². The molecule has 0 aromatic heterocycles. The fourth-order valence-corrected chi connectivity index (χ4v) is 2.28. The number of aliphatic hydroxyl groups is 1. The Morgan fingerprint density at radius 3 is 2.56 bits per heavy atom. The van der Waals surface area contributed by atoms with Gasteiger partial charge in [0.15, 0.2) is 0 Å². The molecule has 0 fully saturated rings. The van der Waals surface area contributed by atoms with Gasteiger partial charge >= 0.3 is 5.97 Å². The predicted molar refractivity (Wildman–Crippen MR) is 101 cm³/mol. The summed E-state index contributed by atoms with van der Waals surface area (Å²) in [6.45, 7) is 2.76. The zero-order valence-corrected chi connectivity index (χ0v) is 15.8. The molecule has 0 saturated heterocycles. The largest absolute Gasteiger partial charge is 0.469 e. The van der Waals surface area contributed by atoms with E-state index in [2.05, 4.69) is 17.0 Å². The molecule has 0 rings (SSSR count). The van der Waals surface area contributed by atoms with E-state index in [0.29, 0.717) is 19.4 Å². The van der Waals surface area contributed by atoms with Crippen molar-refractivity contribution in [2.45, 2.75) is 77.2 Å². The van der Waals surface area contributed by atoms with Gasteiger partial charge in [-0.3, -0.25) is 9.59 Å². The standard InChI is InChI=1S/C20H35NO4/c1-3-4-8-13-18(22)14-9-5-6-12-17-21-19(23)15-10-7-11-16-20(24)25-2/h5-6,9,14,18,22H,3-4,7-8,10-13,15-17H2,1-2H3,(H,21,23)/t18-/m0/s1. The van der Waals surface area contributed by atoms with Crippen LogP contribution in [-0.4, -0.2) is 36.7 Å². The second-order valence-corrected chi connectivity index (χ2v) is 6.15. The van der Waals surface area contributed by atoms with Crippen LogP contribution in [0.15, 0.2) is 24.3 Å². The van der Waals surface area contributed by atoms with Crippen LogP contribution in [0.2, 0.25) is 0 Å². The van der Waals surface area contributed by atoms with Gasteiger partial charge in [0, 0.05) is 19.4 Å². The number of carbonyl (C=O) groups is 2. The van der Waals surface area contributed by atoms with E-state index in [1.54, 1.807) is 6.08 Å². The Bertz CT molecular complexity index is 405. The highest BCUT2D eigenvalue weighted by Crippen LogP contribution is 2.05. The second-order valence-electron chi connectivity index (χ2n) is 6.15. The van der Waals surface area contributed by atoms with Crippen molar-refractivity contribution in [1.82, 2.24) is 5.32 Å². The van der Waals surface area contributed by atoms with Crippen LogP contribution in [0, 0.1) is 0 Å². The molecule has 1 atom stereocenters. The van der Waals surface area contributed by atoms with Crippen molar-refractivity contribution >= 4 is 11.9 Å². The third kappa shape index (κ3) is 17.0. The van der Waals surface area contributed by atoms with E-state index in [4.69, 9.17) is 0 Å². The Kier molecular flexibility index (Phi) is 16.1. The number of rotatable bonds is 15. The number of nitrogens with one attached hydrogen (secondary N) is 1. The molecule has 144 valence electrons. The first-order valence-electron chi connectivity index (χ1n) is 9.45. The van der Waals surface area contributed by atoms with Gasteiger partial charge < -0.3 is 15.2 Å². The second kappa shape index (κ2) is 17.2. The minimum absolute atomic E-state index is 0.0494. The number of carbonyl (C=O) groups excluding carboxylic acids is 2. The minimum Gasteiger partial charge on any atom is -0.469 e. The lowest BCUT2D eigenvalue weighted by atomic mass is 10.1. The van der Waals surface area contributed by atoms with E-state index >= 15 is 0 Å². The average molecular weight is 354 g/mol. The maximum Gasteiger partial charge on any atom is 0.305 e. The maximum atomic E-state index is 11.6. The molecule has 0 spiro atoms. The monoisotopic (exact) mass is 353 g/mol. The van der Waals surface area contributed by atoms with Crippen LogP contribution in [0.1, 0.15) is 71.1 Å². The summed E-state index contributed by atoms with van der Waals surface area (Å²) >= 11 is 0. The number of aliphatic hydroxyl groups excluding tert-OH is 1. The van der Waals surface area contributed by atoms with Crippen LogP contribution < -0.4 is 5.32 Å². The molecule has 0 heterocycles. The van der Waals surface area contributed by atoms with Gasteiger partial charge in [0.25, 0.3) is 0 Å². The highest BCUT2D eigenvalue weighted by molar-refractivity contribution is 5.75. The van der Waals surface area contributed by atoms with Crippen LogP contribution in [0.5, 0.6) is 0 Å². The smallest absolute Gasteiger partial charge is 0.305 e. The summed E-state index contributed by atoms with van der Waals surface area (Å²) in [6, 6.07) is 0. The van der Waals surface area contributed by atoms with Gasteiger partial charge in [-0.25, -0.2) is 0 Å². The summed E-state index contributed by atoms with van der Waals surface area (Å²) < 4.78 is 4.56. The van der Waals surface area contributed by atoms with Crippen molar-refractivity contribution in [3.05, 3.63) is 24.3 Å². The molecule has 0 aliphatic heterocycles. The van der Waals surface area contributed by atoms with Gasteiger partial charge in [-0.05, 0) is 25.7 Å². The van der Waals surface area contributed by atoms with Crippen molar-refractivity contribution in [1.29, 1.82) is 0 Å². The lowest BCUT2D eigenvalue weighted by Crippen LogP contribution is -2.23. The molecule has 0 saturated carbocycles. The Hall–Kier alpha value is -1.62. The molecule has 0 aromatic carbocycles. The van der Waals surface area contributed by atoms with Gasteiger partial charge in [-0.2, -0.15) is 0 Å². The Morgan fingerprint density at radius 2 is 1.84 bits per heavy atom. The van der Waals surface area contributed by atoms with E-state index in [0.717, 1.165) is 51.4 Å². The number of methoxy groups -OCH3 is 1. The quantitative estimate of drug-likeness (QED) is 0.268. The molecule has 0 radical (unpaired) electrons. The molecule has 0 unspecified atom stereocenters. The summed E-state index contributed by atoms with van der Waals surface area (Å²) in [5.74, 6) is -0.146. The zero-order valence-electron chi connectivity index (χ0n) is 15.8. The Balaban J connectivity index is 3.53. The number of allylic oxidation sites excluding steroid dienone is 2. The van der Waals surface area contributed by atoms with E-state index < -0.39 is 0 Å². The van der Waals surface area contributed by atoms with Crippen LogP contribution >= 0.6 is 0 Å². The van der Waals surface area contributed by atoms with Gasteiger partial charge in [-0.15, -0.1) is 0 Å². The van der Waals surface area contributed by atoms with Gasteiger partial charge in [0.2, 0.25) is 5.91 Å². The predicted octanol–water partition coefficient (Wildman–Crippen LogP) is 3.67. The van der Waals surface area contributed by atoms with Crippen LogP contribution in [0.25, 0.3) is 0 Å². The minimum atomic E-state index is -0.366. The summed E-state index contributed by atoms with van der Waals surface area (Å²) in [7, 11) is 1.38. The number of ether oxygens (including phenoxy) is 1. The van der Waals surface area contributed by atoms with Crippen molar-refractivity contribution in [2.75, 3.05) is 13.7 Å². The highest BCUT2D eigenvalue weighted by Gasteiger charge is 2.02. The van der Waals surface area contributed by atoms with Crippen molar-refractivity contribution < 1.29 is 19.4 Å². The first-order chi connectivity index (χ1) is 12.1. The molecule has 5 nitrogen and oxygen atoms in total. The van der Waals surface area contributed by atoms with Gasteiger partial charge in [0.05, 0.1) is 13.2 Å². The molecule has 1 amide bonds. The fraction of sp³-hybridized carbons (Fsp3) is 0.700. The average Bonchev–Trinajstić information content (AvgIpc) is 2.60. The lowest BCUT2D eigenvalue weighted by Gasteiger charge is -2.04. The van der Waals surface area contributed by atoms with Gasteiger partial charge in [-0.1, -0.05) is 56.9 Å². The third-order valence-corrected chi connectivity index (χ3v) is 3.83. The third-order valence-electron chi connectivity index (χ3n) is 3.83. The van der Waals surface area contributed by atoms with Crippen molar-refractivity contribution in [3.63, 3.8) is 0 Å². The molecular formula is C20H35NO4. The molecule has 0 aliphatic rings.